The number of halogens is 1. The van der Waals surface area contributed by atoms with Crippen LogP contribution in [0.4, 0.5) is 5.69 Å². The van der Waals surface area contributed by atoms with Crippen LogP contribution in [0.5, 0.6) is 0 Å². The number of hydrogen-bond acceptors (Lipinski definition) is 6. The molecule has 0 amide bonds. The van der Waals surface area contributed by atoms with Gasteiger partial charge in [0.05, 0.1) is 22.9 Å². The Labute approximate surface area is 232 Å². The summed E-state index contributed by atoms with van der Waals surface area (Å²) in [6, 6.07) is 21.0. The van der Waals surface area contributed by atoms with Crippen LogP contribution in [0, 0.1) is 0 Å². The van der Waals surface area contributed by atoms with Crippen molar-refractivity contribution < 1.29 is 46.6 Å². The van der Waals surface area contributed by atoms with Crippen molar-refractivity contribution in [3.05, 3.63) is 105 Å². The van der Waals surface area contributed by atoms with Crippen LogP contribution in [-0.2, 0) is 26.1 Å². The third-order valence-corrected chi connectivity index (χ3v) is 4.43. The standard InChI is InChI=1S/C22H14ClN3O2.2C2H4O2.Ni.H2O/c23-15-10-11-17(16(12-15)21(27)14-6-2-1-3-7-14)24-13-20-22(28)26-19-9-5-4-8-18(19)25-20;2*1-2(3)4;;/h1-13H,(H,26,28);2*1H3,(H,3,4);;1H2. The summed E-state index contributed by atoms with van der Waals surface area (Å²) < 4.78 is 0. The second-order valence-electron chi connectivity index (χ2n) is 7.12. The van der Waals surface area contributed by atoms with Crippen molar-refractivity contribution >= 4 is 52.3 Å². The Hall–Kier alpha value is -4.18. The number of aliphatic carboxylic acids is 2. The molecule has 12 heteroatoms. The Kier molecular flexibility index (Phi) is 14.7. The number of ketones is 1. The summed E-state index contributed by atoms with van der Waals surface area (Å²) in [5, 5.41) is 15.3. The van der Waals surface area contributed by atoms with Crippen LogP contribution in [-0.4, -0.2) is 49.6 Å². The van der Waals surface area contributed by atoms with Gasteiger partial charge in [0.2, 0.25) is 0 Å². The van der Waals surface area contributed by atoms with Gasteiger partial charge in [0.1, 0.15) is 5.69 Å². The van der Waals surface area contributed by atoms with Crippen LogP contribution in [0.25, 0.3) is 11.0 Å². The van der Waals surface area contributed by atoms with E-state index in [1.54, 1.807) is 54.6 Å². The average Bonchev–Trinajstić information content (AvgIpc) is 2.82. The Morgan fingerprint density at radius 2 is 1.47 bits per heavy atom. The molecule has 0 unspecified atom stereocenters. The second-order valence-corrected chi connectivity index (χ2v) is 7.56. The molecule has 0 saturated heterocycles. The van der Waals surface area contributed by atoms with E-state index in [2.05, 4.69) is 15.0 Å². The van der Waals surface area contributed by atoms with Crippen LogP contribution in [0.15, 0.2) is 82.6 Å². The molecule has 1 aromatic heterocycles. The van der Waals surface area contributed by atoms with E-state index < -0.39 is 11.9 Å². The number of aromatic amines is 1. The minimum Gasteiger partial charge on any atom is -0.481 e. The molecule has 4 aromatic rings. The fourth-order valence-electron chi connectivity index (χ4n) is 2.81. The van der Waals surface area contributed by atoms with Crippen molar-refractivity contribution in [1.29, 1.82) is 0 Å². The number of carboxylic acid groups (broad SMARTS) is 2. The number of H-pyrrole nitrogens is 1. The summed E-state index contributed by atoms with van der Waals surface area (Å²) in [5.41, 5.74) is 2.40. The number of rotatable bonds is 4. The van der Waals surface area contributed by atoms with Gasteiger partial charge in [-0.3, -0.25) is 24.2 Å². The number of hydrogen-bond donors (Lipinski definition) is 3. The predicted molar refractivity (Wildman–Crippen MR) is 141 cm³/mol. The zero-order valence-electron chi connectivity index (χ0n) is 20.1. The minimum atomic E-state index is -0.833. The van der Waals surface area contributed by atoms with E-state index in [-0.39, 0.29) is 39.0 Å². The summed E-state index contributed by atoms with van der Waals surface area (Å²) in [6.45, 7) is 2.17. The van der Waals surface area contributed by atoms with Gasteiger partial charge in [-0.25, -0.2) is 4.98 Å². The largest absolute Gasteiger partial charge is 0.481 e. The summed E-state index contributed by atoms with van der Waals surface area (Å²) >= 11 is 6.08. The molecule has 38 heavy (non-hydrogen) atoms. The normalized spacial score (nSPS) is 9.55. The number of aromatic nitrogens is 2. The van der Waals surface area contributed by atoms with Crippen molar-refractivity contribution in [3.63, 3.8) is 0 Å². The van der Waals surface area contributed by atoms with Crippen LogP contribution in [0.3, 0.4) is 0 Å². The van der Waals surface area contributed by atoms with Crippen LogP contribution >= 0.6 is 11.6 Å². The molecule has 0 spiro atoms. The van der Waals surface area contributed by atoms with Crippen LogP contribution < -0.4 is 5.56 Å². The summed E-state index contributed by atoms with van der Waals surface area (Å²) in [6.07, 6.45) is 1.36. The number of fused-ring (bicyclic) bond motifs is 1. The van der Waals surface area contributed by atoms with Gasteiger partial charge in [-0.2, -0.15) is 0 Å². The Balaban J connectivity index is 0.00000121. The van der Waals surface area contributed by atoms with Crippen molar-refractivity contribution in [2.45, 2.75) is 13.8 Å². The summed E-state index contributed by atoms with van der Waals surface area (Å²) in [7, 11) is 0. The molecule has 0 aliphatic rings. The molecule has 0 radical (unpaired) electrons. The molecule has 0 aliphatic heterocycles. The van der Waals surface area contributed by atoms with E-state index in [4.69, 9.17) is 31.4 Å². The molecule has 10 nitrogen and oxygen atoms in total. The van der Waals surface area contributed by atoms with E-state index in [1.165, 1.54) is 6.21 Å². The molecule has 0 atom stereocenters. The molecular formula is C26H24ClN3NiO7. The number of nitrogens with one attached hydrogen (secondary N) is 1. The molecule has 0 bridgehead atoms. The third kappa shape index (κ3) is 10.8. The van der Waals surface area contributed by atoms with E-state index in [0.717, 1.165) is 13.8 Å². The molecular weight excluding hydrogens is 560 g/mol. The van der Waals surface area contributed by atoms with Gasteiger partial charge in [0.15, 0.2) is 5.78 Å². The minimum absolute atomic E-state index is 0. The fraction of sp³-hybridized carbons (Fsp3) is 0.0769. The van der Waals surface area contributed by atoms with Gasteiger partial charge >= 0.3 is 0 Å². The van der Waals surface area contributed by atoms with E-state index in [0.29, 0.717) is 32.9 Å². The van der Waals surface area contributed by atoms with Gasteiger partial charge in [-0.15, -0.1) is 0 Å². The van der Waals surface area contributed by atoms with Crippen LogP contribution in [0.1, 0.15) is 35.5 Å². The van der Waals surface area contributed by atoms with Crippen molar-refractivity contribution in [3.8, 4) is 0 Å². The molecule has 4 rings (SSSR count). The first kappa shape index (κ1) is 33.8. The molecule has 0 fully saturated rings. The number of benzene rings is 3. The van der Waals surface area contributed by atoms with Crippen molar-refractivity contribution in [1.82, 2.24) is 9.97 Å². The SMILES string of the molecule is CC(=O)O.CC(=O)O.O.O=C(c1ccccc1)c1cc(Cl)ccc1N=Cc1nc2ccccc2[nH]c1=O.[Ni]. The number of carbonyl (C=O) groups excluding carboxylic acids is 1. The van der Waals surface area contributed by atoms with Gasteiger partial charge in [-0.05, 0) is 30.3 Å². The molecule has 5 N–H and O–H groups in total. The van der Waals surface area contributed by atoms with E-state index >= 15 is 0 Å². The topological polar surface area (TPSA) is 181 Å². The number of carboxylic acids is 2. The average molecular weight is 585 g/mol. The number of aliphatic imine (C=N–C) groups is 1. The van der Waals surface area contributed by atoms with Crippen molar-refractivity contribution in [2.24, 2.45) is 4.99 Å². The first-order valence-corrected chi connectivity index (χ1v) is 10.8. The first-order valence-electron chi connectivity index (χ1n) is 10.4. The fourth-order valence-corrected chi connectivity index (χ4v) is 2.98. The maximum Gasteiger partial charge on any atom is 0.300 e. The number of carbonyl (C=O) groups is 3. The van der Waals surface area contributed by atoms with Crippen molar-refractivity contribution in [2.75, 3.05) is 0 Å². The Morgan fingerprint density at radius 3 is 2.08 bits per heavy atom. The quantitative estimate of drug-likeness (QED) is 0.185. The maximum absolute atomic E-state index is 12.9. The summed E-state index contributed by atoms with van der Waals surface area (Å²) in [5.74, 6) is -1.87. The first-order chi connectivity index (χ1) is 17.1. The molecule has 202 valence electrons. The smallest absolute Gasteiger partial charge is 0.300 e. The number of para-hydroxylation sites is 2. The maximum atomic E-state index is 12.9. The van der Waals surface area contributed by atoms with Gasteiger partial charge in [0, 0.05) is 46.5 Å². The Morgan fingerprint density at radius 1 is 0.921 bits per heavy atom. The third-order valence-electron chi connectivity index (χ3n) is 4.19. The Bertz CT molecular complexity index is 1450. The predicted octanol–water partition coefficient (Wildman–Crippen LogP) is 3.91. The van der Waals surface area contributed by atoms with E-state index in [9.17, 15) is 9.59 Å². The zero-order chi connectivity index (χ0) is 26.7. The molecule has 0 aliphatic carbocycles. The molecule has 1 heterocycles. The number of nitrogens with zero attached hydrogens (tertiary/aromatic N) is 2. The second kappa shape index (κ2) is 16.5. The van der Waals surface area contributed by atoms with Gasteiger partial charge in [-0.1, -0.05) is 54.1 Å². The molecule has 0 saturated carbocycles. The monoisotopic (exact) mass is 583 g/mol. The van der Waals surface area contributed by atoms with Gasteiger partial charge < -0.3 is 20.7 Å². The van der Waals surface area contributed by atoms with Crippen LogP contribution in [0.2, 0.25) is 5.02 Å². The summed E-state index contributed by atoms with van der Waals surface area (Å²) in [4.78, 5) is 54.6. The molecule has 3 aromatic carbocycles. The van der Waals surface area contributed by atoms with Gasteiger partial charge in [0.25, 0.3) is 17.5 Å². The zero-order valence-corrected chi connectivity index (χ0v) is 21.9. The van der Waals surface area contributed by atoms with E-state index in [1.807, 2.05) is 18.2 Å².